The van der Waals surface area contributed by atoms with Gasteiger partial charge in [0.2, 0.25) is 0 Å². The molecule has 15 heavy (non-hydrogen) atoms. The molecule has 0 amide bonds. The van der Waals surface area contributed by atoms with E-state index in [-0.39, 0.29) is 6.10 Å². The molecule has 0 aliphatic heterocycles. The fraction of sp³-hybridized carbons (Fsp3) is 0.385. The normalized spacial score (nSPS) is 12.4. The van der Waals surface area contributed by atoms with E-state index in [1.54, 1.807) is 0 Å². The highest BCUT2D eigenvalue weighted by Crippen LogP contribution is 2.16. The number of hydrogen-bond donors (Lipinski definition) is 1. The van der Waals surface area contributed by atoms with Crippen molar-refractivity contribution in [2.24, 2.45) is 0 Å². The summed E-state index contributed by atoms with van der Waals surface area (Å²) in [4.78, 5) is 0. The second kappa shape index (κ2) is 6.38. The Bertz CT molecular complexity index is 295. The number of rotatable bonds is 6. The van der Waals surface area contributed by atoms with E-state index < -0.39 is 0 Å². The summed E-state index contributed by atoms with van der Waals surface area (Å²) in [6, 6.07) is 10.2. The lowest BCUT2D eigenvalue weighted by molar-refractivity contribution is 0.0829. The second-order valence-electron chi connectivity index (χ2n) is 3.64. The summed E-state index contributed by atoms with van der Waals surface area (Å²) in [5, 5.41) is 3.05. The molecule has 1 atom stereocenters. The summed E-state index contributed by atoms with van der Waals surface area (Å²) in [5.41, 5.74) is 2.27. The Morgan fingerprint density at radius 1 is 1.40 bits per heavy atom. The van der Waals surface area contributed by atoms with Crippen LogP contribution in [0.15, 0.2) is 42.5 Å². The second-order valence-corrected chi connectivity index (χ2v) is 3.64. The Hall–Kier alpha value is -1.12. The van der Waals surface area contributed by atoms with Crippen LogP contribution >= 0.6 is 0 Å². The summed E-state index contributed by atoms with van der Waals surface area (Å²) in [5.74, 6) is 0. The van der Waals surface area contributed by atoms with Crippen molar-refractivity contribution in [1.82, 2.24) is 5.32 Å². The zero-order chi connectivity index (χ0) is 11.1. The predicted molar refractivity (Wildman–Crippen MR) is 63.9 cm³/mol. The molecule has 0 aliphatic carbocycles. The molecule has 1 aromatic carbocycles. The smallest absolute Gasteiger partial charge is 0.0801 e. The Labute approximate surface area is 92.0 Å². The van der Waals surface area contributed by atoms with Crippen molar-refractivity contribution in [3.05, 3.63) is 48.0 Å². The third kappa shape index (κ3) is 4.28. The average molecular weight is 205 g/mol. The summed E-state index contributed by atoms with van der Waals surface area (Å²) >= 11 is 0. The summed E-state index contributed by atoms with van der Waals surface area (Å²) in [6.45, 7) is 7.40. The monoisotopic (exact) mass is 205 g/mol. The molecule has 1 N–H and O–H groups in total. The highest BCUT2D eigenvalue weighted by atomic mass is 16.5. The minimum atomic E-state index is 0.125. The van der Waals surface area contributed by atoms with Crippen LogP contribution in [0.2, 0.25) is 0 Å². The lowest BCUT2D eigenvalue weighted by Gasteiger charge is -2.14. The van der Waals surface area contributed by atoms with Gasteiger partial charge in [-0.3, -0.25) is 0 Å². The van der Waals surface area contributed by atoms with Crippen molar-refractivity contribution in [3.63, 3.8) is 0 Å². The van der Waals surface area contributed by atoms with E-state index >= 15 is 0 Å². The highest BCUT2D eigenvalue weighted by Gasteiger charge is 2.04. The molecular weight excluding hydrogens is 186 g/mol. The largest absolute Gasteiger partial charge is 0.369 e. The minimum Gasteiger partial charge on any atom is -0.369 e. The Morgan fingerprint density at radius 3 is 2.67 bits per heavy atom. The van der Waals surface area contributed by atoms with E-state index in [0.29, 0.717) is 6.61 Å². The highest BCUT2D eigenvalue weighted by molar-refractivity contribution is 5.17. The average Bonchev–Trinajstić information content (AvgIpc) is 2.27. The van der Waals surface area contributed by atoms with Gasteiger partial charge < -0.3 is 10.1 Å². The summed E-state index contributed by atoms with van der Waals surface area (Å²) < 4.78 is 5.70. The Morgan fingerprint density at radius 2 is 2.07 bits per heavy atom. The fourth-order valence-electron chi connectivity index (χ4n) is 1.36. The first-order valence-electron chi connectivity index (χ1n) is 5.22. The molecule has 0 aromatic heterocycles. The van der Waals surface area contributed by atoms with E-state index in [1.807, 2.05) is 25.2 Å². The van der Waals surface area contributed by atoms with E-state index in [2.05, 4.69) is 31.0 Å². The van der Waals surface area contributed by atoms with Crippen LogP contribution in [0.5, 0.6) is 0 Å². The Balaban J connectivity index is 2.37. The lowest BCUT2D eigenvalue weighted by Crippen LogP contribution is -2.14. The van der Waals surface area contributed by atoms with Crippen LogP contribution in [0.4, 0.5) is 0 Å². The maximum absolute atomic E-state index is 5.70. The van der Waals surface area contributed by atoms with Gasteiger partial charge in [0, 0.05) is 6.54 Å². The van der Waals surface area contributed by atoms with Crippen molar-refractivity contribution in [1.29, 1.82) is 0 Å². The van der Waals surface area contributed by atoms with Gasteiger partial charge in [-0.2, -0.15) is 0 Å². The summed E-state index contributed by atoms with van der Waals surface area (Å²) in [6.07, 6.45) is 0.125. The zero-order valence-electron chi connectivity index (χ0n) is 9.49. The number of nitrogens with one attached hydrogen (secondary N) is 1. The predicted octanol–water partition coefficient (Wildman–Crippen LogP) is 2.54. The molecule has 0 aliphatic rings. The first-order valence-corrected chi connectivity index (χ1v) is 5.22. The molecule has 2 nitrogen and oxygen atoms in total. The number of benzene rings is 1. The van der Waals surface area contributed by atoms with Crippen LogP contribution in [0, 0.1) is 0 Å². The molecule has 2 heteroatoms. The first kappa shape index (κ1) is 12.0. The molecule has 0 saturated heterocycles. The maximum atomic E-state index is 5.70. The number of likely N-dealkylation sites (N-methyl/N-ethyl adjacent to an activating group) is 1. The van der Waals surface area contributed by atoms with Gasteiger partial charge in [-0.05, 0) is 25.1 Å². The van der Waals surface area contributed by atoms with Gasteiger partial charge in [-0.25, -0.2) is 0 Å². The van der Waals surface area contributed by atoms with Gasteiger partial charge in [0.15, 0.2) is 0 Å². The third-order valence-electron chi connectivity index (χ3n) is 2.23. The lowest BCUT2D eigenvalue weighted by atomic mass is 10.1. The molecule has 0 radical (unpaired) electrons. The van der Waals surface area contributed by atoms with Crippen molar-refractivity contribution in [2.75, 3.05) is 20.2 Å². The van der Waals surface area contributed by atoms with Crippen molar-refractivity contribution in [3.8, 4) is 0 Å². The fourth-order valence-corrected chi connectivity index (χ4v) is 1.36. The molecule has 1 unspecified atom stereocenters. The van der Waals surface area contributed by atoms with Crippen LogP contribution in [-0.2, 0) is 4.74 Å². The quantitative estimate of drug-likeness (QED) is 0.721. The zero-order valence-corrected chi connectivity index (χ0v) is 9.49. The maximum Gasteiger partial charge on any atom is 0.0801 e. The van der Waals surface area contributed by atoms with Gasteiger partial charge in [0.05, 0.1) is 12.7 Å². The van der Waals surface area contributed by atoms with E-state index in [4.69, 9.17) is 4.74 Å². The molecule has 0 heterocycles. The number of hydrogen-bond acceptors (Lipinski definition) is 2. The van der Waals surface area contributed by atoms with Crippen molar-refractivity contribution < 1.29 is 4.74 Å². The molecule has 1 rings (SSSR count). The molecule has 0 fully saturated rings. The van der Waals surface area contributed by atoms with Crippen LogP contribution in [-0.4, -0.2) is 20.2 Å². The van der Waals surface area contributed by atoms with Gasteiger partial charge in [0.25, 0.3) is 0 Å². The minimum absolute atomic E-state index is 0.125. The molecule has 0 bridgehead atoms. The van der Waals surface area contributed by atoms with Crippen LogP contribution in [0.1, 0.15) is 18.6 Å². The van der Waals surface area contributed by atoms with Crippen molar-refractivity contribution >= 4 is 0 Å². The van der Waals surface area contributed by atoms with Gasteiger partial charge in [-0.15, -0.1) is 0 Å². The molecular formula is C13H19NO. The van der Waals surface area contributed by atoms with E-state index in [1.165, 1.54) is 5.56 Å². The van der Waals surface area contributed by atoms with Crippen LogP contribution in [0.25, 0.3) is 0 Å². The molecule has 0 spiro atoms. The standard InChI is InChI=1S/C13H19NO/c1-11(9-14-3)10-15-12(2)13-7-5-4-6-8-13/h4-8,12,14H,1,9-10H2,2-3H3. The third-order valence-corrected chi connectivity index (χ3v) is 2.23. The van der Waals surface area contributed by atoms with Crippen LogP contribution < -0.4 is 5.32 Å². The SMILES string of the molecule is C=C(CNC)COC(C)c1ccccc1. The van der Waals surface area contributed by atoms with Crippen LogP contribution in [0.3, 0.4) is 0 Å². The topological polar surface area (TPSA) is 21.3 Å². The Kier molecular flexibility index (Phi) is 5.08. The van der Waals surface area contributed by atoms with Gasteiger partial charge >= 0.3 is 0 Å². The first-order chi connectivity index (χ1) is 7.24. The van der Waals surface area contributed by atoms with Gasteiger partial charge in [0.1, 0.15) is 0 Å². The van der Waals surface area contributed by atoms with Crippen molar-refractivity contribution in [2.45, 2.75) is 13.0 Å². The number of ether oxygens (including phenoxy) is 1. The van der Waals surface area contributed by atoms with Gasteiger partial charge in [-0.1, -0.05) is 36.9 Å². The molecule has 0 saturated carbocycles. The van der Waals surface area contributed by atoms with E-state index in [9.17, 15) is 0 Å². The van der Waals surface area contributed by atoms with E-state index in [0.717, 1.165) is 12.1 Å². The molecule has 82 valence electrons. The summed E-state index contributed by atoms with van der Waals surface area (Å²) in [7, 11) is 1.91. The molecule has 1 aromatic rings.